The molecule has 0 saturated carbocycles. The van der Waals surface area contributed by atoms with Gasteiger partial charge in [0.05, 0.1) is 30.9 Å². The second-order valence-corrected chi connectivity index (χ2v) is 8.34. The molecule has 1 aromatic carbocycles. The maximum atomic E-state index is 12.7. The van der Waals surface area contributed by atoms with E-state index in [1.165, 1.54) is 12.8 Å². The highest BCUT2D eigenvalue weighted by molar-refractivity contribution is 5.95. The van der Waals surface area contributed by atoms with Gasteiger partial charge in [-0.1, -0.05) is 0 Å². The molecule has 9 nitrogen and oxygen atoms in total. The Morgan fingerprint density at radius 2 is 2.03 bits per heavy atom. The SMILES string of the molecule is COc1ncc(-c2cc3cc[nH]c(=O)c3c(Nc3ccc(N4CCOC(C)C4)c(C)c3)n2)cn1. The third-order valence-electron chi connectivity index (χ3n) is 5.90. The molecule has 174 valence electrons. The van der Waals surface area contributed by atoms with Crippen LogP contribution in [-0.2, 0) is 4.74 Å². The number of methoxy groups -OCH3 is 1. The Kier molecular flexibility index (Phi) is 5.85. The maximum absolute atomic E-state index is 12.7. The standard InChI is InChI=1S/C25H26N6O3/c1-15-10-19(4-5-21(15)31-8-9-34-16(2)14-31)29-23-22-17(6-7-26-24(22)32)11-20(30-23)18-12-27-25(33-3)28-13-18/h4-7,10-13,16H,8-9,14H2,1-3H3,(H,26,32)(H,29,30). The van der Waals surface area contributed by atoms with E-state index in [2.05, 4.69) is 51.1 Å². The fourth-order valence-electron chi connectivity index (χ4n) is 4.27. The van der Waals surface area contributed by atoms with Gasteiger partial charge < -0.3 is 24.7 Å². The number of rotatable bonds is 5. The van der Waals surface area contributed by atoms with Gasteiger partial charge >= 0.3 is 6.01 Å². The summed E-state index contributed by atoms with van der Waals surface area (Å²) in [6.07, 6.45) is 5.14. The average Bonchev–Trinajstić information content (AvgIpc) is 2.84. The predicted molar refractivity (Wildman–Crippen MR) is 132 cm³/mol. The summed E-state index contributed by atoms with van der Waals surface area (Å²) in [6.45, 7) is 6.63. The Bertz CT molecular complexity index is 1390. The highest BCUT2D eigenvalue weighted by Crippen LogP contribution is 2.30. The van der Waals surface area contributed by atoms with Crippen LogP contribution in [0.15, 0.2) is 53.7 Å². The summed E-state index contributed by atoms with van der Waals surface area (Å²) in [5.74, 6) is 0.470. The average molecular weight is 459 g/mol. The number of ether oxygens (including phenoxy) is 2. The molecule has 4 heterocycles. The number of benzene rings is 1. The minimum atomic E-state index is -0.208. The first kappa shape index (κ1) is 21.8. The lowest BCUT2D eigenvalue weighted by atomic mass is 10.1. The van der Waals surface area contributed by atoms with Crippen LogP contribution in [0.3, 0.4) is 0 Å². The van der Waals surface area contributed by atoms with E-state index < -0.39 is 0 Å². The van der Waals surface area contributed by atoms with E-state index in [9.17, 15) is 4.79 Å². The van der Waals surface area contributed by atoms with Gasteiger partial charge in [0.1, 0.15) is 5.82 Å². The zero-order valence-electron chi connectivity index (χ0n) is 19.3. The van der Waals surface area contributed by atoms with Crippen molar-refractivity contribution in [1.29, 1.82) is 0 Å². The van der Waals surface area contributed by atoms with Crippen LogP contribution in [0.4, 0.5) is 17.2 Å². The van der Waals surface area contributed by atoms with Crippen LogP contribution < -0.4 is 20.5 Å². The molecular formula is C25H26N6O3. The van der Waals surface area contributed by atoms with Crippen molar-refractivity contribution >= 4 is 28.0 Å². The minimum Gasteiger partial charge on any atom is -0.467 e. The molecule has 1 saturated heterocycles. The molecule has 1 unspecified atom stereocenters. The zero-order chi connectivity index (χ0) is 23.7. The van der Waals surface area contributed by atoms with E-state index >= 15 is 0 Å². The molecule has 5 rings (SSSR count). The first-order chi connectivity index (χ1) is 16.5. The van der Waals surface area contributed by atoms with Gasteiger partial charge in [-0.15, -0.1) is 0 Å². The molecule has 3 aromatic heterocycles. The van der Waals surface area contributed by atoms with Crippen molar-refractivity contribution < 1.29 is 9.47 Å². The van der Waals surface area contributed by atoms with Gasteiger partial charge in [-0.25, -0.2) is 15.0 Å². The zero-order valence-corrected chi connectivity index (χ0v) is 19.3. The number of aryl methyl sites for hydroxylation is 1. The molecular weight excluding hydrogens is 432 g/mol. The van der Waals surface area contributed by atoms with E-state index in [0.29, 0.717) is 16.9 Å². The second kappa shape index (κ2) is 9.11. The number of morpholine rings is 1. The first-order valence-electron chi connectivity index (χ1n) is 11.1. The van der Waals surface area contributed by atoms with Gasteiger partial charge in [-0.05, 0) is 55.1 Å². The Labute approximate surface area is 196 Å². The van der Waals surface area contributed by atoms with Crippen LogP contribution in [0.5, 0.6) is 6.01 Å². The number of pyridine rings is 2. The Balaban J connectivity index is 1.52. The van der Waals surface area contributed by atoms with Crippen LogP contribution in [0.1, 0.15) is 12.5 Å². The van der Waals surface area contributed by atoms with E-state index in [4.69, 9.17) is 14.5 Å². The summed E-state index contributed by atoms with van der Waals surface area (Å²) in [5, 5.41) is 4.62. The number of nitrogens with zero attached hydrogens (tertiary/aromatic N) is 4. The first-order valence-corrected chi connectivity index (χ1v) is 11.1. The molecule has 0 radical (unpaired) electrons. The lowest BCUT2D eigenvalue weighted by Gasteiger charge is -2.34. The van der Waals surface area contributed by atoms with Gasteiger partial charge in [0.15, 0.2) is 0 Å². The van der Waals surface area contributed by atoms with Gasteiger partial charge in [0.25, 0.3) is 5.56 Å². The van der Waals surface area contributed by atoms with E-state index in [1.807, 2.05) is 18.2 Å². The molecule has 2 N–H and O–H groups in total. The van der Waals surface area contributed by atoms with E-state index in [-0.39, 0.29) is 17.7 Å². The summed E-state index contributed by atoms with van der Waals surface area (Å²) in [7, 11) is 1.52. The smallest absolute Gasteiger partial charge is 0.316 e. The lowest BCUT2D eigenvalue weighted by Crippen LogP contribution is -2.41. The van der Waals surface area contributed by atoms with Crippen LogP contribution in [0.2, 0.25) is 0 Å². The van der Waals surface area contributed by atoms with Crippen molar-refractivity contribution in [2.75, 3.05) is 37.0 Å². The number of aromatic amines is 1. The Hall–Kier alpha value is -3.98. The summed E-state index contributed by atoms with van der Waals surface area (Å²) >= 11 is 0. The molecule has 34 heavy (non-hydrogen) atoms. The van der Waals surface area contributed by atoms with Crippen LogP contribution >= 0.6 is 0 Å². The van der Waals surface area contributed by atoms with Gasteiger partial charge in [0, 0.05) is 48.6 Å². The quantitative estimate of drug-likeness (QED) is 0.467. The summed E-state index contributed by atoms with van der Waals surface area (Å²) in [5.41, 5.74) is 4.33. The molecule has 1 fully saturated rings. The van der Waals surface area contributed by atoms with Crippen molar-refractivity contribution in [3.05, 3.63) is 64.8 Å². The van der Waals surface area contributed by atoms with Gasteiger partial charge in [-0.2, -0.15) is 0 Å². The van der Waals surface area contributed by atoms with E-state index in [0.717, 1.165) is 41.9 Å². The highest BCUT2D eigenvalue weighted by atomic mass is 16.5. The number of nitrogens with one attached hydrogen (secondary N) is 2. The molecule has 9 heteroatoms. The van der Waals surface area contributed by atoms with Crippen molar-refractivity contribution in [3.63, 3.8) is 0 Å². The fourth-order valence-corrected chi connectivity index (χ4v) is 4.27. The summed E-state index contributed by atoms with van der Waals surface area (Å²) < 4.78 is 10.7. The molecule has 1 aliphatic rings. The van der Waals surface area contributed by atoms with Crippen LogP contribution in [0, 0.1) is 6.92 Å². The van der Waals surface area contributed by atoms with Gasteiger partial charge in [0.2, 0.25) is 0 Å². The molecule has 0 aliphatic carbocycles. The van der Waals surface area contributed by atoms with Gasteiger partial charge in [-0.3, -0.25) is 4.79 Å². The maximum Gasteiger partial charge on any atom is 0.316 e. The number of aromatic nitrogens is 4. The minimum absolute atomic E-state index is 0.206. The summed E-state index contributed by atoms with van der Waals surface area (Å²) in [6, 6.07) is 10.2. The molecule has 0 amide bonds. The number of hydrogen-bond donors (Lipinski definition) is 2. The molecule has 4 aromatic rings. The third kappa shape index (κ3) is 4.29. The van der Waals surface area contributed by atoms with Crippen molar-refractivity contribution in [3.8, 4) is 17.3 Å². The second-order valence-electron chi connectivity index (χ2n) is 8.34. The number of hydrogen-bond acceptors (Lipinski definition) is 8. The number of anilines is 3. The molecule has 0 spiro atoms. The van der Waals surface area contributed by atoms with Crippen molar-refractivity contribution in [1.82, 2.24) is 19.9 Å². The monoisotopic (exact) mass is 458 g/mol. The normalized spacial score (nSPS) is 16.0. The Morgan fingerprint density at radius 1 is 1.21 bits per heavy atom. The number of H-pyrrole nitrogens is 1. The van der Waals surface area contributed by atoms with Crippen molar-refractivity contribution in [2.45, 2.75) is 20.0 Å². The molecule has 1 atom stereocenters. The predicted octanol–water partition coefficient (Wildman–Crippen LogP) is 3.67. The molecule has 0 bridgehead atoms. The Morgan fingerprint density at radius 3 is 2.76 bits per heavy atom. The molecule has 1 aliphatic heterocycles. The summed E-state index contributed by atoms with van der Waals surface area (Å²) in [4.78, 5) is 30.9. The van der Waals surface area contributed by atoms with Crippen LogP contribution in [-0.4, -0.2) is 52.8 Å². The third-order valence-corrected chi connectivity index (χ3v) is 5.90. The van der Waals surface area contributed by atoms with Crippen molar-refractivity contribution in [2.24, 2.45) is 0 Å². The largest absolute Gasteiger partial charge is 0.467 e. The topological polar surface area (TPSA) is 105 Å². The van der Waals surface area contributed by atoms with E-state index in [1.54, 1.807) is 18.6 Å². The highest BCUT2D eigenvalue weighted by Gasteiger charge is 2.19. The fraction of sp³-hybridized carbons (Fsp3) is 0.280. The lowest BCUT2D eigenvalue weighted by molar-refractivity contribution is 0.0532. The van der Waals surface area contributed by atoms with Crippen LogP contribution in [0.25, 0.3) is 22.0 Å². The number of fused-ring (bicyclic) bond motifs is 1.